The maximum absolute atomic E-state index is 13.3. The lowest BCUT2D eigenvalue weighted by atomic mass is 9.99. The normalized spacial score (nSPS) is 17.9. The van der Waals surface area contributed by atoms with Gasteiger partial charge in [-0.25, -0.2) is 8.42 Å². The number of hydrogen-bond donors (Lipinski definition) is 1. The van der Waals surface area contributed by atoms with Crippen molar-refractivity contribution in [1.29, 1.82) is 0 Å². The highest BCUT2D eigenvalue weighted by Crippen LogP contribution is 2.27. The summed E-state index contributed by atoms with van der Waals surface area (Å²) in [5.41, 5.74) is 4.53. The van der Waals surface area contributed by atoms with E-state index < -0.39 is 10.0 Å². The van der Waals surface area contributed by atoms with Crippen LogP contribution in [0, 0.1) is 33.6 Å². The predicted molar refractivity (Wildman–Crippen MR) is 116 cm³/mol. The number of carbonyl (C=O) groups excluding carboxylic acids is 1. The molecule has 1 aliphatic rings. The van der Waals surface area contributed by atoms with Crippen LogP contribution in [0.25, 0.3) is 0 Å². The van der Waals surface area contributed by atoms with Crippen molar-refractivity contribution >= 4 is 15.9 Å². The molecule has 1 atom stereocenters. The quantitative estimate of drug-likeness (QED) is 0.810. The zero-order valence-electron chi connectivity index (χ0n) is 17.7. The number of nitrogens with one attached hydrogen (secondary N) is 1. The number of hydrogen-bond acceptors (Lipinski definition) is 3. The highest BCUT2D eigenvalue weighted by Gasteiger charge is 2.31. The van der Waals surface area contributed by atoms with Gasteiger partial charge in [0.05, 0.1) is 4.90 Å². The van der Waals surface area contributed by atoms with Crippen molar-refractivity contribution in [3.63, 3.8) is 0 Å². The Kier molecular flexibility index (Phi) is 6.44. The third-order valence-electron chi connectivity index (χ3n) is 5.72. The molecule has 0 aromatic heterocycles. The van der Waals surface area contributed by atoms with E-state index in [-0.39, 0.29) is 11.8 Å². The van der Waals surface area contributed by atoms with Crippen LogP contribution in [0.5, 0.6) is 0 Å². The largest absolute Gasteiger partial charge is 0.352 e. The molecule has 156 valence electrons. The van der Waals surface area contributed by atoms with Crippen molar-refractivity contribution in [2.75, 3.05) is 19.6 Å². The van der Waals surface area contributed by atoms with Crippen LogP contribution in [0.2, 0.25) is 0 Å². The summed E-state index contributed by atoms with van der Waals surface area (Å²) in [7, 11) is -3.54. The Labute approximate surface area is 174 Å². The first-order valence-corrected chi connectivity index (χ1v) is 11.6. The first-order valence-electron chi connectivity index (χ1n) is 10.1. The van der Waals surface area contributed by atoms with Gasteiger partial charge in [0, 0.05) is 25.2 Å². The fourth-order valence-corrected chi connectivity index (χ4v) is 5.73. The van der Waals surface area contributed by atoms with Gasteiger partial charge in [0.2, 0.25) is 10.0 Å². The number of rotatable bonds is 5. The van der Waals surface area contributed by atoms with Crippen LogP contribution in [0.3, 0.4) is 0 Å². The second kappa shape index (κ2) is 8.67. The van der Waals surface area contributed by atoms with Gasteiger partial charge in [-0.3, -0.25) is 4.79 Å². The minimum atomic E-state index is -3.54. The Bertz CT molecular complexity index is 1010. The molecule has 1 N–H and O–H groups in total. The van der Waals surface area contributed by atoms with Crippen molar-refractivity contribution in [2.45, 2.75) is 45.4 Å². The summed E-state index contributed by atoms with van der Waals surface area (Å²) >= 11 is 0. The molecule has 0 saturated carbocycles. The van der Waals surface area contributed by atoms with Crippen LogP contribution in [0.4, 0.5) is 0 Å². The standard InChI is InChI=1S/C23H30N2O3S/c1-16-7-5-9-21(11-16)23(26)24-14-20-8-6-10-25(15-20)29(27,28)22-13-18(3)17(2)12-19(22)4/h5,7,9,11-13,20H,6,8,10,14-15H2,1-4H3,(H,24,26)/t20-/m1/s1. The number of piperidine rings is 1. The lowest BCUT2D eigenvalue weighted by molar-refractivity contribution is 0.0941. The van der Waals surface area contributed by atoms with Crippen LogP contribution >= 0.6 is 0 Å². The van der Waals surface area contributed by atoms with Crippen molar-refractivity contribution in [2.24, 2.45) is 5.92 Å². The number of nitrogens with zero attached hydrogens (tertiary/aromatic N) is 1. The Morgan fingerprint density at radius 2 is 1.79 bits per heavy atom. The third-order valence-corrected chi connectivity index (χ3v) is 7.73. The second-order valence-electron chi connectivity index (χ2n) is 8.15. The molecule has 0 aliphatic carbocycles. The molecule has 1 heterocycles. The van der Waals surface area contributed by atoms with Crippen LogP contribution < -0.4 is 5.32 Å². The average Bonchev–Trinajstić information content (AvgIpc) is 2.69. The number of amides is 1. The molecule has 1 amide bonds. The molecular formula is C23H30N2O3S. The summed E-state index contributed by atoms with van der Waals surface area (Å²) in [5.74, 6) is -0.00202. The molecule has 0 unspecified atom stereocenters. The van der Waals surface area contributed by atoms with Gasteiger partial charge in [-0.05, 0) is 81.3 Å². The third kappa shape index (κ3) is 4.87. The van der Waals surface area contributed by atoms with Crippen molar-refractivity contribution in [1.82, 2.24) is 9.62 Å². The van der Waals surface area contributed by atoms with E-state index in [2.05, 4.69) is 5.32 Å². The summed E-state index contributed by atoms with van der Waals surface area (Å²) in [4.78, 5) is 12.8. The molecule has 1 saturated heterocycles. The van der Waals surface area contributed by atoms with Crippen molar-refractivity contribution < 1.29 is 13.2 Å². The molecule has 6 heteroatoms. The number of aryl methyl sites for hydroxylation is 4. The predicted octanol–water partition coefficient (Wildman–Crippen LogP) is 3.75. The summed E-state index contributed by atoms with van der Waals surface area (Å²) in [5, 5.41) is 2.98. The van der Waals surface area contributed by atoms with Gasteiger partial charge >= 0.3 is 0 Å². The van der Waals surface area contributed by atoms with Crippen molar-refractivity contribution in [3.05, 3.63) is 64.2 Å². The molecule has 2 aromatic carbocycles. The van der Waals surface area contributed by atoms with Gasteiger partial charge in [0.25, 0.3) is 5.91 Å². The number of sulfonamides is 1. The summed E-state index contributed by atoms with van der Waals surface area (Å²) in [6.07, 6.45) is 1.71. The summed E-state index contributed by atoms with van der Waals surface area (Å²) in [6.45, 7) is 9.17. The molecule has 1 fully saturated rings. The van der Waals surface area contributed by atoms with E-state index in [1.807, 2.05) is 52.0 Å². The smallest absolute Gasteiger partial charge is 0.251 e. The summed E-state index contributed by atoms with van der Waals surface area (Å²) < 4.78 is 28.1. The Balaban J connectivity index is 1.69. The van der Waals surface area contributed by atoms with E-state index in [1.54, 1.807) is 16.4 Å². The molecule has 0 spiro atoms. The SMILES string of the molecule is Cc1cccc(C(=O)NC[C@H]2CCCN(S(=O)(=O)c3cc(C)c(C)cc3C)C2)c1. The monoisotopic (exact) mass is 414 g/mol. The van der Waals surface area contributed by atoms with Gasteiger partial charge < -0.3 is 5.32 Å². The molecule has 0 bridgehead atoms. The van der Waals surface area contributed by atoms with Crippen LogP contribution in [0.1, 0.15) is 45.5 Å². The Morgan fingerprint density at radius 1 is 1.07 bits per heavy atom. The van der Waals surface area contributed by atoms with Gasteiger partial charge in [0.15, 0.2) is 0 Å². The molecule has 3 rings (SSSR count). The summed E-state index contributed by atoms with van der Waals surface area (Å²) in [6, 6.07) is 11.2. The van der Waals surface area contributed by atoms with Gasteiger partial charge in [-0.1, -0.05) is 23.8 Å². The molecule has 1 aliphatic heterocycles. The highest BCUT2D eigenvalue weighted by atomic mass is 32.2. The molecular weight excluding hydrogens is 384 g/mol. The zero-order valence-corrected chi connectivity index (χ0v) is 18.5. The topological polar surface area (TPSA) is 66.5 Å². The maximum atomic E-state index is 13.3. The minimum Gasteiger partial charge on any atom is -0.352 e. The van der Waals surface area contributed by atoms with E-state index in [4.69, 9.17) is 0 Å². The van der Waals surface area contributed by atoms with E-state index in [0.29, 0.717) is 30.1 Å². The van der Waals surface area contributed by atoms with Crippen LogP contribution in [-0.2, 0) is 10.0 Å². The van der Waals surface area contributed by atoms with E-state index in [1.165, 1.54) is 0 Å². The first-order chi connectivity index (χ1) is 13.7. The second-order valence-corrected chi connectivity index (χ2v) is 10.1. The fourth-order valence-electron chi connectivity index (χ4n) is 3.89. The Morgan fingerprint density at radius 3 is 2.52 bits per heavy atom. The lowest BCUT2D eigenvalue weighted by Crippen LogP contribution is -2.43. The minimum absolute atomic E-state index is 0.110. The van der Waals surface area contributed by atoms with Crippen molar-refractivity contribution in [3.8, 4) is 0 Å². The molecule has 29 heavy (non-hydrogen) atoms. The average molecular weight is 415 g/mol. The number of benzene rings is 2. The highest BCUT2D eigenvalue weighted by molar-refractivity contribution is 7.89. The van der Waals surface area contributed by atoms with Gasteiger partial charge in [-0.15, -0.1) is 0 Å². The van der Waals surface area contributed by atoms with E-state index in [0.717, 1.165) is 35.1 Å². The van der Waals surface area contributed by atoms with E-state index in [9.17, 15) is 13.2 Å². The van der Waals surface area contributed by atoms with Gasteiger partial charge in [-0.2, -0.15) is 4.31 Å². The number of carbonyl (C=O) groups is 1. The molecule has 2 aromatic rings. The van der Waals surface area contributed by atoms with E-state index >= 15 is 0 Å². The van der Waals surface area contributed by atoms with Gasteiger partial charge in [0.1, 0.15) is 0 Å². The van der Waals surface area contributed by atoms with Crippen LogP contribution in [0.15, 0.2) is 41.3 Å². The zero-order chi connectivity index (χ0) is 21.2. The lowest BCUT2D eigenvalue weighted by Gasteiger charge is -2.32. The Hall–Kier alpha value is -2.18. The fraction of sp³-hybridized carbons (Fsp3) is 0.435. The van der Waals surface area contributed by atoms with Crippen LogP contribution in [-0.4, -0.2) is 38.3 Å². The molecule has 5 nitrogen and oxygen atoms in total. The first kappa shape index (κ1) is 21.5. The maximum Gasteiger partial charge on any atom is 0.251 e. The molecule has 0 radical (unpaired) electrons.